The van der Waals surface area contributed by atoms with Crippen molar-refractivity contribution in [3.8, 4) is 5.75 Å². The van der Waals surface area contributed by atoms with Crippen LogP contribution in [0.15, 0.2) is 36.4 Å². The van der Waals surface area contributed by atoms with Crippen LogP contribution in [-0.4, -0.2) is 45.6 Å². The number of benzene rings is 2. The van der Waals surface area contributed by atoms with Gasteiger partial charge in [-0.3, -0.25) is 9.59 Å². The van der Waals surface area contributed by atoms with Crippen LogP contribution in [0.3, 0.4) is 0 Å². The summed E-state index contributed by atoms with van der Waals surface area (Å²) in [6.07, 6.45) is 2.44. The number of alkyl carbamates (subject to hydrolysis) is 1. The zero-order valence-electron chi connectivity index (χ0n) is 25.1. The molecule has 3 N–H and O–H groups in total. The minimum Gasteiger partial charge on any atom is -0.508 e. The van der Waals surface area contributed by atoms with E-state index in [4.69, 9.17) is 4.74 Å². The van der Waals surface area contributed by atoms with Gasteiger partial charge in [0.15, 0.2) is 0 Å². The highest BCUT2D eigenvalue weighted by Gasteiger charge is 2.43. The van der Waals surface area contributed by atoms with E-state index >= 15 is 0 Å². The summed E-state index contributed by atoms with van der Waals surface area (Å²) in [6.45, 7) is 14.8. The van der Waals surface area contributed by atoms with E-state index in [-0.39, 0.29) is 29.5 Å². The van der Waals surface area contributed by atoms with E-state index < -0.39 is 23.8 Å². The molecule has 3 rings (SSSR count). The smallest absolute Gasteiger partial charge is 0.408 e. The van der Waals surface area contributed by atoms with Crippen molar-refractivity contribution < 1.29 is 24.2 Å². The Morgan fingerprint density at radius 2 is 1.68 bits per heavy atom. The Hall–Kier alpha value is -3.55. The van der Waals surface area contributed by atoms with E-state index in [0.29, 0.717) is 23.2 Å². The SMILES string of the molecule is CCC(C)C(NC(=O)OC(C)(C)C)C(=O)N(C1CCC1)C(C(=O)Nc1c(C)cccc1C)c1ccc(O)c(C)c1. The van der Waals surface area contributed by atoms with Crippen LogP contribution in [0.5, 0.6) is 5.75 Å². The predicted molar refractivity (Wildman–Crippen MR) is 157 cm³/mol. The second-order valence-electron chi connectivity index (χ2n) is 12.0. The standard InChI is InChI=1S/C32H45N3O5/c1-9-19(2)27(34-31(39)40-32(6,7)8)30(38)35(24-14-11-15-24)28(23-16-17-25(36)22(5)18-23)29(37)33-26-20(3)12-10-13-21(26)4/h10,12-13,16-19,24,27-28,36H,9,11,14-15H2,1-8H3,(H,33,37)(H,34,39). The summed E-state index contributed by atoms with van der Waals surface area (Å²) in [6, 6.07) is 8.78. The number of nitrogens with one attached hydrogen (secondary N) is 2. The molecule has 0 radical (unpaired) electrons. The van der Waals surface area contributed by atoms with Gasteiger partial charge in [0.1, 0.15) is 23.4 Å². The first kappa shape index (κ1) is 31.0. The number of anilines is 1. The fraction of sp³-hybridized carbons (Fsp3) is 0.531. The molecule has 2 aromatic rings. The van der Waals surface area contributed by atoms with Crippen LogP contribution in [0.2, 0.25) is 0 Å². The van der Waals surface area contributed by atoms with E-state index in [1.165, 1.54) is 0 Å². The molecule has 1 aliphatic carbocycles. The maximum Gasteiger partial charge on any atom is 0.408 e. The Bertz CT molecular complexity index is 1210. The Morgan fingerprint density at radius 1 is 1.05 bits per heavy atom. The van der Waals surface area contributed by atoms with Gasteiger partial charge in [0.05, 0.1) is 0 Å². The van der Waals surface area contributed by atoms with Crippen LogP contribution in [0.25, 0.3) is 0 Å². The van der Waals surface area contributed by atoms with Crippen LogP contribution in [0.4, 0.5) is 10.5 Å². The molecule has 8 heteroatoms. The zero-order valence-corrected chi connectivity index (χ0v) is 25.1. The van der Waals surface area contributed by atoms with Gasteiger partial charge in [-0.05, 0) is 101 Å². The number of aromatic hydroxyl groups is 1. The number of nitrogens with zero attached hydrogens (tertiary/aromatic N) is 1. The number of carbonyl (C=O) groups excluding carboxylic acids is 3. The minimum absolute atomic E-state index is 0.114. The molecule has 0 heterocycles. The Kier molecular flexibility index (Phi) is 9.87. The quantitative estimate of drug-likeness (QED) is 0.338. The average Bonchev–Trinajstić information content (AvgIpc) is 2.83. The van der Waals surface area contributed by atoms with Crippen molar-refractivity contribution >= 4 is 23.6 Å². The third kappa shape index (κ3) is 7.34. The molecule has 8 nitrogen and oxygen atoms in total. The molecule has 0 aliphatic heterocycles. The van der Waals surface area contributed by atoms with Crippen LogP contribution in [0.1, 0.15) is 88.6 Å². The van der Waals surface area contributed by atoms with Gasteiger partial charge in [-0.1, -0.05) is 44.5 Å². The maximum absolute atomic E-state index is 14.5. The number of para-hydroxylation sites is 1. The lowest BCUT2D eigenvalue weighted by molar-refractivity contribution is -0.147. The van der Waals surface area contributed by atoms with Crippen molar-refractivity contribution in [1.29, 1.82) is 0 Å². The van der Waals surface area contributed by atoms with Gasteiger partial charge >= 0.3 is 6.09 Å². The second-order valence-corrected chi connectivity index (χ2v) is 12.0. The lowest BCUT2D eigenvalue weighted by Crippen LogP contribution is -2.58. The Balaban J connectivity index is 2.10. The zero-order chi connectivity index (χ0) is 29.8. The highest BCUT2D eigenvalue weighted by atomic mass is 16.6. The van der Waals surface area contributed by atoms with Crippen LogP contribution in [0, 0.1) is 26.7 Å². The summed E-state index contributed by atoms with van der Waals surface area (Å²) in [7, 11) is 0. The van der Waals surface area contributed by atoms with Crippen molar-refractivity contribution in [3.63, 3.8) is 0 Å². The topological polar surface area (TPSA) is 108 Å². The maximum atomic E-state index is 14.5. The van der Waals surface area contributed by atoms with Crippen molar-refractivity contribution in [2.75, 3.05) is 5.32 Å². The molecule has 2 aromatic carbocycles. The number of hydrogen-bond donors (Lipinski definition) is 3. The van der Waals surface area contributed by atoms with Crippen LogP contribution in [-0.2, 0) is 14.3 Å². The average molecular weight is 552 g/mol. The molecular weight excluding hydrogens is 506 g/mol. The van der Waals surface area contributed by atoms with E-state index in [0.717, 1.165) is 30.4 Å². The van der Waals surface area contributed by atoms with Gasteiger partial charge in [-0.25, -0.2) is 4.79 Å². The monoisotopic (exact) mass is 551 g/mol. The molecule has 3 atom stereocenters. The van der Waals surface area contributed by atoms with Crippen molar-refractivity contribution in [3.05, 3.63) is 58.7 Å². The van der Waals surface area contributed by atoms with Gasteiger partial charge in [0.2, 0.25) is 5.91 Å². The summed E-state index contributed by atoms with van der Waals surface area (Å²) < 4.78 is 5.49. The number of aryl methyl sites for hydroxylation is 3. The highest BCUT2D eigenvalue weighted by molar-refractivity contribution is 6.00. The summed E-state index contributed by atoms with van der Waals surface area (Å²) in [5.74, 6) is -0.755. The van der Waals surface area contributed by atoms with Gasteiger partial charge in [-0.15, -0.1) is 0 Å². The number of phenols is 1. The number of hydrogen-bond acceptors (Lipinski definition) is 5. The normalized spacial score (nSPS) is 15.8. The molecule has 0 aromatic heterocycles. The molecule has 40 heavy (non-hydrogen) atoms. The lowest BCUT2D eigenvalue weighted by atomic mass is 9.86. The molecule has 3 amide bonds. The number of amides is 3. The molecule has 0 spiro atoms. The Labute approximate surface area is 238 Å². The van der Waals surface area contributed by atoms with Crippen molar-refractivity contribution in [2.45, 2.75) is 105 Å². The summed E-state index contributed by atoms with van der Waals surface area (Å²) in [4.78, 5) is 43.1. The van der Waals surface area contributed by atoms with Gasteiger partial charge in [0.25, 0.3) is 5.91 Å². The van der Waals surface area contributed by atoms with Crippen LogP contribution >= 0.6 is 0 Å². The number of ether oxygens (including phenoxy) is 1. The molecule has 1 aliphatic rings. The summed E-state index contributed by atoms with van der Waals surface area (Å²) in [5.41, 5.74) is 3.02. The third-order valence-corrected chi connectivity index (χ3v) is 7.67. The summed E-state index contributed by atoms with van der Waals surface area (Å²) in [5, 5.41) is 16.1. The van der Waals surface area contributed by atoms with Gasteiger partial charge in [-0.2, -0.15) is 0 Å². The molecule has 1 fully saturated rings. The molecule has 218 valence electrons. The first-order valence-corrected chi connectivity index (χ1v) is 14.2. The van der Waals surface area contributed by atoms with Crippen LogP contribution < -0.4 is 10.6 Å². The van der Waals surface area contributed by atoms with E-state index in [9.17, 15) is 19.5 Å². The minimum atomic E-state index is -0.969. The van der Waals surface area contributed by atoms with E-state index in [2.05, 4.69) is 10.6 Å². The fourth-order valence-corrected chi connectivity index (χ4v) is 4.95. The van der Waals surface area contributed by atoms with E-state index in [1.807, 2.05) is 45.9 Å². The number of carbonyl (C=O) groups is 3. The Morgan fingerprint density at radius 3 is 2.17 bits per heavy atom. The fourth-order valence-electron chi connectivity index (χ4n) is 4.95. The van der Waals surface area contributed by atoms with Gasteiger partial charge in [0, 0.05) is 11.7 Å². The molecule has 0 saturated heterocycles. The highest BCUT2D eigenvalue weighted by Crippen LogP contribution is 2.36. The number of rotatable bonds is 9. The lowest BCUT2D eigenvalue weighted by Gasteiger charge is -2.44. The predicted octanol–water partition coefficient (Wildman–Crippen LogP) is 6.32. The molecule has 0 bridgehead atoms. The first-order chi connectivity index (χ1) is 18.7. The number of phenolic OH excluding ortho intramolecular Hbond substituents is 1. The van der Waals surface area contributed by atoms with E-state index in [1.54, 1.807) is 50.8 Å². The van der Waals surface area contributed by atoms with Gasteiger partial charge < -0.3 is 25.4 Å². The van der Waals surface area contributed by atoms with Crippen molar-refractivity contribution in [1.82, 2.24) is 10.2 Å². The second kappa shape index (κ2) is 12.7. The first-order valence-electron chi connectivity index (χ1n) is 14.2. The summed E-state index contributed by atoms with van der Waals surface area (Å²) >= 11 is 0. The third-order valence-electron chi connectivity index (χ3n) is 7.67. The largest absolute Gasteiger partial charge is 0.508 e. The molecular formula is C32H45N3O5. The molecule has 1 saturated carbocycles. The van der Waals surface area contributed by atoms with Crippen molar-refractivity contribution in [2.24, 2.45) is 5.92 Å². The molecule has 3 unspecified atom stereocenters.